The van der Waals surface area contributed by atoms with E-state index in [1.165, 1.54) is 6.08 Å². The van der Waals surface area contributed by atoms with Crippen molar-refractivity contribution in [2.75, 3.05) is 26.2 Å². The van der Waals surface area contributed by atoms with Crippen molar-refractivity contribution >= 4 is 15.7 Å². The van der Waals surface area contributed by atoms with Crippen LogP contribution in [-0.4, -0.2) is 51.3 Å². The maximum atomic E-state index is 14.1. The fourth-order valence-electron chi connectivity index (χ4n) is 4.35. The second-order valence-electron chi connectivity index (χ2n) is 8.44. The van der Waals surface area contributed by atoms with Gasteiger partial charge in [0.25, 0.3) is 0 Å². The lowest BCUT2D eigenvalue weighted by Crippen LogP contribution is -2.64. The van der Waals surface area contributed by atoms with Gasteiger partial charge in [-0.25, -0.2) is 8.42 Å². The second-order valence-corrected chi connectivity index (χ2v) is 10.6. The number of hydrogen-bond donors (Lipinski definition) is 3. The van der Waals surface area contributed by atoms with Gasteiger partial charge in [-0.3, -0.25) is 4.79 Å². The number of carbonyl (C=O) groups is 1. The minimum atomic E-state index is -4.69. The number of rotatable bonds is 6. The van der Waals surface area contributed by atoms with Crippen LogP contribution in [-0.2, 0) is 20.8 Å². The molecule has 4 rings (SSSR count). The maximum Gasteiger partial charge on any atom is 0.416 e. The summed E-state index contributed by atoms with van der Waals surface area (Å²) in [5, 5.41) is 8.97. The van der Waals surface area contributed by atoms with Crippen LogP contribution in [0.15, 0.2) is 53.0 Å². The summed E-state index contributed by atoms with van der Waals surface area (Å²) in [6, 6.07) is 2.58. The van der Waals surface area contributed by atoms with E-state index < -0.39 is 43.2 Å². The average Bonchev–Trinajstić information content (AvgIpc) is 3.62. The first-order valence-electron chi connectivity index (χ1n) is 10.7. The van der Waals surface area contributed by atoms with Crippen molar-refractivity contribution in [1.82, 2.24) is 16.0 Å². The Labute approximate surface area is 185 Å². The van der Waals surface area contributed by atoms with Crippen molar-refractivity contribution in [1.29, 1.82) is 0 Å². The van der Waals surface area contributed by atoms with Crippen LogP contribution in [0.1, 0.15) is 24.8 Å². The minimum absolute atomic E-state index is 0.285. The van der Waals surface area contributed by atoms with E-state index in [0.717, 1.165) is 31.0 Å². The molecule has 1 aromatic rings. The summed E-state index contributed by atoms with van der Waals surface area (Å²) in [5.41, 5.74) is -0.542. The van der Waals surface area contributed by atoms with Gasteiger partial charge in [-0.1, -0.05) is 24.3 Å². The molecule has 1 fully saturated rings. The molecule has 0 saturated heterocycles. The number of alkyl halides is 3. The van der Waals surface area contributed by atoms with Gasteiger partial charge < -0.3 is 16.0 Å². The van der Waals surface area contributed by atoms with Crippen LogP contribution in [0, 0.1) is 5.92 Å². The molecule has 2 aliphatic heterocycles. The standard InChI is InChI=1S/C22H26F3N3O3S/c23-22(24,25)17-3-1-4-18(13-17)32(30,31)21(16-7-11-26-12-8-16)9-2-10-27-19(21)20(29)28-14-15-5-6-15/h1-4,7,9,13,15,19,26-27H,5-6,8,10-12,14H2,(H,28,29)/t19-,21-/m1/s1. The highest BCUT2D eigenvalue weighted by Gasteiger charge is 2.55. The monoisotopic (exact) mass is 469 g/mol. The first-order chi connectivity index (χ1) is 15.2. The van der Waals surface area contributed by atoms with Gasteiger partial charge in [0.2, 0.25) is 5.91 Å². The molecule has 1 aliphatic carbocycles. The zero-order valence-corrected chi connectivity index (χ0v) is 18.2. The van der Waals surface area contributed by atoms with Crippen LogP contribution in [0.4, 0.5) is 13.2 Å². The summed E-state index contributed by atoms with van der Waals surface area (Å²) in [6.45, 7) is 1.67. The summed E-state index contributed by atoms with van der Waals surface area (Å²) >= 11 is 0. The molecule has 0 radical (unpaired) electrons. The highest BCUT2D eigenvalue weighted by atomic mass is 32.2. The second kappa shape index (κ2) is 8.64. The van der Waals surface area contributed by atoms with Crippen LogP contribution >= 0.6 is 0 Å². The Hall–Kier alpha value is -2.17. The van der Waals surface area contributed by atoms with E-state index in [-0.39, 0.29) is 6.54 Å². The van der Waals surface area contributed by atoms with Gasteiger partial charge >= 0.3 is 6.18 Å². The Balaban J connectivity index is 1.84. The molecule has 32 heavy (non-hydrogen) atoms. The van der Waals surface area contributed by atoms with E-state index in [1.54, 1.807) is 12.2 Å². The van der Waals surface area contributed by atoms with E-state index in [2.05, 4.69) is 16.0 Å². The molecule has 1 amide bonds. The topological polar surface area (TPSA) is 87.3 Å². The molecular formula is C22H26F3N3O3S. The van der Waals surface area contributed by atoms with Crippen molar-refractivity contribution in [2.45, 2.75) is 41.1 Å². The van der Waals surface area contributed by atoms with Crippen LogP contribution < -0.4 is 16.0 Å². The molecule has 0 unspecified atom stereocenters. The third-order valence-corrected chi connectivity index (χ3v) is 8.64. The lowest BCUT2D eigenvalue weighted by atomic mass is 9.84. The van der Waals surface area contributed by atoms with E-state index in [4.69, 9.17) is 0 Å². The van der Waals surface area contributed by atoms with Crippen molar-refractivity contribution in [3.05, 3.63) is 53.6 Å². The van der Waals surface area contributed by atoms with E-state index >= 15 is 0 Å². The van der Waals surface area contributed by atoms with Crippen LogP contribution in [0.2, 0.25) is 0 Å². The van der Waals surface area contributed by atoms with E-state index in [9.17, 15) is 26.4 Å². The number of nitrogens with one attached hydrogen (secondary N) is 3. The molecule has 2 atom stereocenters. The Morgan fingerprint density at radius 1 is 1.22 bits per heavy atom. The molecule has 3 N–H and O–H groups in total. The highest BCUT2D eigenvalue weighted by Crippen LogP contribution is 2.42. The van der Waals surface area contributed by atoms with Gasteiger partial charge in [-0.05, 0) is 55.5 Å². The highest BCUT2D eigenvalue weighted by molar-refractivity contribution is 7.93. The molecule has 1 saturated carbocycles. The predicted octanol–water partition coefficient (Wildman–Crippen LogP) is 2.19. The van der Waals surface area contributed by atoms with E-state index in [0.29, 0.717) is 43.6 Å². The predicted molar refractivity (Wildman–Crippen MR) is 114 cm³/mol. The number of carbonyl (C=O) groups excluding carboxylic acids is 1. The Morgan fingerprint density at radius 2 is 2.00 bits per heavy atom. The molecule has 1 aromatic carbocycles. The Kier molecular flexibility index (Phi) is 6.21. The minimum Gasteiger partial charge on any atom is -0.354 e. The molecule has 0 spiro atoms. The van der Waals surface area contributed by atoms with Gasteiger partial charge in [0.05, 0.1) is 10.5 Å². The first kappa shape index (κ1) is 23.0. The van der Waals surface area contributed by atoms with E-state index in [1.807, 2.05) is 0 Å². The maximum absolute atomic E-state index is 14.1. The third-order valence-electron chi connectivity index (χ3n) is 6.24. The smallest absolute Gasteiger partial charge is 0.354 e. The Bertz CT molecular complexity index is 1050. The molecular weight excluding hydrogens is 443 g/mol. The zero-order chi connectivity index (χ0) is 23.0. The van der Waals surface area contributed by atoms with Crippen LogP contribution in [0.3, 0.4) is 0 Å². The number of hydrogen-bond acceptors (Lipinski definition) is 5. The summed E-state index contributed by atoms with van der Waals surface area (Å²) in [6.07, 6.45) is 2.54. The average molecular weight is 470 g/mol. The Morgan fingerprint density at radius 3 is 2.66 bits per heavy atom. The number of benzene rings is 1. The van der Waals surface area contributed by atoms with Crippen molar-refractivity contribution in [3.8, 4) is 0 Å². The van der Waals surface area contributed by atoms with Crippen molar-refractivity contribution < 1.29 is 26.4 Å². The number of amides is 1. The summed E-state index contributed by atoms with van der Waals surface area (Å²) in [5.74, 6) is -0.0677. The van der Waals surface area contributed by atoms with Gasteiger partial charge in [0.15, 0.2) is 9.84 Å². The van der Waals surface area contributed by atoms with Gasteiger partial charge in [0.1, 0.15) is 10.8 Å². The fourth-order valence-corrected chi connectivity index (χ4v) is 6.58. The molecule has 10 heteroatoms. The number of sulfone groups is 1. The number of halogens is 3. The van der Waals surface area contributed by atoms with Crippen molar-refractivity contribution in [3.63, 3.8) is 0 Å². The molecule has 174 valence electrons. The van der Waals surface area contributed by atoms with Crippen LogP contribution in [0.25, 0.3) is 0 Å². The molecule has 0 bridgehead atoms. The summed E-state index contributed by atoms with van der Waals surface area (Å²) in [7, 11) is -4.43. The lowest BCUT2D eigenvalue weighted by Gasteiger charge is -2.42. The summed E-state index contributed by atoms with van der Waals surface area (Å²) in [4.78, 5) is 12.7. The van der Waals surface area contributed by atoms with Gasteiger partial charge in [-0.15, -0.1) is 0 Å². The normalized spacial score (nSPS) is 26.5. The SMILES string of the molecule is O=C(NCC1CC1)[C@H]1NCC=C[C@]1(C1=CCNCC1)S(=O)(=O)c1cccc(C(F)(F)F)c1. The molecule has 3 aliphatic rings. The fraction of sp³-hybridized carbons (Fsp3) is 0.500. The first-order valence-corrected chi connectivity index (χ1v) is 12.2. The van der Waals surface area contributed by atoms with Crippen molar-refractivity contribution in [2.24, 2.45) is 5.92 Å². The lowest BCUT2D eigenvalue weighted by molar-refractivity contribution is -0.137. The van der Waals surface area contributed by atoms with Gasteiger partial charge in [0, 0.05) is 19.6 Å². The molecule has 0 aromatic heterocycles. The third kappa shape index (κ3) is 4.23. The largest absolute Gasteiger partial charge is 0.416 e. The van der Waals surface area contributed by atoms with Crippen LogP contribution in [0.5, 0.6) is 0 Å². The summed E-state index contributed by atoms with van der Waals surface area (Å²) < 4.78 is 66.3. The molecule has 2 heterocycles. The molecule has 6 nitrogen and oxygen atoms in total. The van der Waals surface area contributed by atoms with Gasteiger partial charge in [-0.2, -0.15) is 13.2 Å². The quantitative estimate of drug-likeness (QED) is 0.556. The zero-order valence-electron chi connectivity index (χ0n) is 17.4.